The number of hydrogen-bond acceptors (Lipinski definition) is 4. The van der Waals surface area contributed by atoms with Crippen molar-refractivity contribution in [3.8, 4) is 0 Å². The molecule has 0 saturated carbocycles. The Morgan fingerprint density at radius 2 is 2.47 bits per heavy atom. The molecule has 1 aromatic rings. The number of carbonyl (C=O) groups is 1. The van der Waals surface area contributed by atoms with Gasteiger partial charge in [-0.05, 0) is 6.92 Å². The summed E-state index contributed by atoms with van der Waals surface area (Å²) in [5.41, 5.74) is 5.86. The maximum absolute atomic E-state index is 11.4. The SMILES string of the molecule is C=C(Br)Cn1cnc(C(=O)OCC)c1N. The highest BCUT2D eigenvalue weighted by molar-refractivity contribution is 9.11. The average molecular weight is 274 g/mol. The number of nitrogens with two attached hydrogens (primary N) is 1. The van der Waals surface area contributed by atoms with Crippen molar-refractivity contribution in [2.45, 2.75) is 13.5 Å². The summed E-state index contributed by atoms with van der Waals surface area (Å²) in [5, 5.41) is 0. The lowest BCUT2D eigenvalue weighted by Gasteiger charge is -2.03. The Hall–Kier alpha value is -1.30. The van der Waals surface area contributed by atoms with Gasteiger partial charge in [0.25, 0.3) is 0 Å². The number of allylic oxidation sites excluding steroid dienone is 1. The number of esters is 1. The van der Waals surface area contributed by atoms with E-state index in [-0.39, 0.29) is 11.5 Å². The number of halogens is 1. The van der Waals surface area contributed by atoms with Crippen molar-refractivity contribution in [2.24, 2.45) is 0 Å². The number of nitrogens with zero attached hydrogens (tertiary/aromatic N) is 2. The normalized spacial score (nSPS) is 10.0. The molecule has 0 amide bonds. The van der Waals surface area contributed by atoms with Crippen molar-refractivity contribution in [3.63, 3.8) is 0 Å². The largest absolute Gasteiger partial charge is 0.461 e. The number of hydrogen-bond donors (Lipinski definition) is 1. The van der Waals surface area contributed by atoms with Crippen LogP contribution >= 0.6 is 15.9 Å². The van der Waals surface area contributed by atoms with E-state index in [0.29, 0.717) is 13.2 Å². The van der Waals surface area contributed by atoms with E-state index >= 15 is 0 Å². The molecule has 0 radical (unpaired) electrons. The highest BCUT2D eigenvalue weighted by Crippen LogP contribution is 2.14. The van der Waals surface area contributed by atoms with Gasteiger partial charge in [-0.3, -0.25) is 0 Å². The van der Waals surface area contributed by atoms with Crippen LogP contribution in [0.5, 0.6) is 0 Å². The third kappa shape index (κ3) is 2.82. The van der Waals surface area contributed by atoms with Gasteiger partial charge in [0, 0.05) is 4.48 Å². The molecule has 1 heterocycles. The number of ether oxygens (including phenoxy) is 1. The van der Waals surface area contributed by atoms with Gasteiger partial charge in [-0.25, -0.2) is 9.78 Å². The van der Waals surface area contributed by atoms with Crippen molar-refractivity contribution in [1.29, 1.82) is 0 Å². The van der Waals surface area contributed by atoms with E-state index in [2.05, 4.69) is 27.5 Å². The average Bonchev–Trinajstić information content (AvgIpc) is 2.48. The van der Waals surface area contributed by atoms with Gasteiger partial charge in [0.1, 0.15) is 5.82 Å². The molecule has 1 rings (SSSR count). The molecule has 82 valence electrons. The highest BCUT2D eigenvalue weighted by atomic mass is 79.9. The van der Waals surface area contributed by atoms with Gasteiger partial charge < -0.3 is 15.0 Å². The smallest absolute Gasteiger partial charge is 0.360 e. The number of anilines is 1. The van der Waals surface area contributed by atoms with Gasteiger partial charge in [0.15, 0.2) is 5.69 Å². The van der Waals surface area contributed by atoms with E-state index in [9.17, 15) is 4.79 Å². The molecule has 0 unspecified atom stereocenters. The third-order valence-corrected chi connectivity index (χ3v) is 1.94. The van der Waals surface area contributed by atoms with E-state index in [1.807, 2.05) is 0 Å². The summed E-state index contributed by atoms with van der Waals surface area (Å²) in [4.78, 5) is 15.2. The van der Waals surface area contributed by atoms with Gasteiger partial charge in [-0.1, -0.05) is 22.5 Å². The predicted molar refractivity (Wildman–Crippen MR) is 60.7 cm³/mol. The second-order valence-corrected chi connectivity index (χ2v) is 3.97. The zero-order valence-electron chi connectivity index (χ0n) is 8.36. The molecule has 6 heteroatoms. The fourth-order valence-electron chi connectivity index (χ4n) is 1.06. The van der Waals surface area contributed by atoms with E-state index in [0.717, 1.165) is 4.48 Å². The monoisotopic (exact) mass is 273 g/mol. The Kier molecular flexibility index (Phi) is 3.90. The molecule has 2 N–H and O–H groups in total. The molecule has 15 heavy (non-hydrogen) atoms. The minimum atomic E-state index is -0.506. The number of imidazole rings is 1. The van der Waals surface area contributed by atoms with E-state index in [4.69, 9.17) is 10.5 Å². The zero-order valence-corrected chi connectivity index (χ0v) is 9.95. The van der Waals surface area contributed by atoms with E-state index in [1.54, 1.807) is 11.5 Å². The summed E-state index contributed by atoms with van der Waals surface area (Å²) in [5.74, 6) is -0.219. The van der Waals surface area contributed by atoms with Crippen LogP contribution in [0.25, 0.3) is 0 Å². The molecule has 0 atom stereocenters. The molecule has 0 spiro atoms. The van der Waals surface area contributed by atoms with Gasteiger partial charge >= 0.3 is 5.97 Å². The minimum Gasteiger partial charge on any atom is -0.461 e. The van der Waals surface area contributed by atoms with Crippen molar-refractivity contribution < 1.29 is 9.53 Å². The van der Waals surface area contributed by atoms with Crippen LogP contribution in [0.1, 0.15) is 17.4 Å². The predicted octanol–water partition coefficient (Wildman–Crippen LogP) is 1.55. The first-order chi connectivity index (χ1) is 7.06. The molecule has 0 aliphatic rings. The lowest BCUT2D eigenvalue weighted by atomic mass is 10.4. The van der Waals surface area contributed by atoms with Crippen LogP contribution in [0.2, 0.25) is 0 Å². The zero-order chi connectivity index (χ0) is 11.4. The quantitative estimate of drug-likeness (QED) is 0.846. The maximum atomic E-state index is 11.4. The fourth-order valence-corrected chi connectivity index (χ4v) is 1.33. The minimum absolute atomic E-state index is 0.144. The molecular formula is C9H12BrN3O2. The Labute approximate surface area is 96.1 Å². The highest BCUT2D eigenvalue weighted by Gasteiger charge is 2.16. The summed E-state index contributed by atoms with van der Waals surface area (Å²) in [6.07, 6.45) is 1.48. The standard InChI is InChI=1S/C9H12BrN3O2/c1-3-15-9(14)7-8(11)13(5-12-7)4-6(2)10/h5H,2-4,11H2,1H3. The van der Waals surface area contributed by atoms with Gasteiger partial charge in [-0.2, -0.15) is 0 Å². The first kappa shape index (κ1) is 11.8. The van der Waals surface area contributed by atoms with Gasteiger partial charge in [0.2, 0.25) is 0 Å². The Morgan fingerprint density at radius 1 is 1.80 bits per heavy atom. The van der Waals surface area contributed by atoms with Crippen LogP contribution in [0.3, 0.4) is 0 Å². The maximum Gasteiger partial charge on any atom is 0.360 e. The third-order valence-electron chi connectivity index (χ3n) is 1.69. The second-order valence-electron chi connectivity index (χ2n) is 2.84. The molecular weight excluding hydrogens is 262 g/mol. The van der Waals surface area contributed by atoms with Crippen molar-refractivity contribution in [1.82, 2.24) is 9.55 Å². The molecule has 1 aromatic heterocycles. The Bertz CT molecular complexity index is 387. The van der Waals surface area contributed by atoms with Crippen LogP contribution < -0.4 is 5.73 Å². The summed E-state index contributed by atoms with van der Waals surface area (Å²) in [6, 6.07) is 0. The lowest BCUT2D eigenvalue weighted by molar-refractivity contribution is 0.0521. The van der Waals surface area contributed by atoms with Crippen LogP contribution in [0.15, 0.2) is 17.4 Å². The molecule has 5 nitrogen and oxygen atoms in total. The Balaban J connectivity index is 2.88. The van der Waals surface area contributed by atoms with E-state index in [1.165, 1.54) is 6.33 Å². The summed E-state index contributed by atoms with van der Waals surface area (Å²) >= 11 is 3.21. The fraction of sp³-hybridized carbons (Fsp3) is 0.333. The van der Waals surface area contributed by atoms with Crippen LogP contribution in [-0.2, 0) is 11.3 Å². The number of carbonyl (C=O) groups excluding carboxylic acids is 1. The van der Waals surface area contributed by atoms with E-state index < -0.39 is 5.97 Å². The molecule has 0 saturated heterocycles. The van der Waals surface area contributed by atoms with Gasteiger partial charge in [-0.15, -0.1) is 0 Å². The molecule has 0 fully saturated rings. The number of nitrogen functional groups attached to an aromatic ring is 1. The topological polar surface area (TPSA) is 70.1 Å². The van der Waals surface area contributed by atoms with Crippen LogP contribution in [-0.4, -0.2) is 22.1 Å². The summed E-state index contributed by atoms with van der Waals surface area (Å²) < 4.78 is 7.16. The van der Waals surface area contributed by atoms with Crippen LogP contribution in [0, 0.1) is 0 Å². The van der Waals surface area contributed by atoms with Crippen molar-refractivity contribution in [3.05, 3.63) is 23.1 Å². The molecule has 0 aliphatic carbocycles. The lowest BCUT2D eigenvalue weighted by Crippen LogP contribution is -2.10. The molecule has 0 aromatic carbocycles. The van der Waals surface area contributed by atoms with Crippen LogP contribution in [0.4, 0.5) is 5.82 Å². The first-order valence-corrected chi connectivity index (χ1v) is 5.16. The first-order valence-electron chi connectivity index (χ1n) is 4.37. The van der Waals surface area contributed by atoms with Crippen molar-refractivity contribution >= 4 is 27.7 Å². The molecule has 0 aliphatic heterocycles. The number of rotatable bonds is 4. The summed E-state index contributed by atoms with van der Waals surface area (Å²) in [7, 11) is 0. The van der Waals surface area contributed by atoms with Crippen molar-refractivity contribution in [2.75, 3.05) is 12.3 Å². The Morgan fingerprint density at radius 3 is 3.00 bits per heavy atom. The number of aromatic nitrogens is 2. The second kappa shape index (κ2) is 4.97. The summed E-state index contributed by atoms with van der Waals surface area (Å²) in [6.45, 7) is 6.18. The molecule has 0 bridgehead atoms. The van der Waals surface area contributed by atoms with Gasteiger partial charge in [0.05, 0.1) is 19.5 Å².